The number of amides is 1. The summed E-state index contributed by atoms with van der Waals surface area (Å²) in [6, 6.07) is 16.1. The van der Waals surface area contributed by atoms with Crippen LogP contribution in [0.5, 0.6) is 5.75 Å². The maximum absolute atomic E-state index is 13.0. The van der Waals surface area contributed by atoms with Crippen molar-refractivity contribution in [2.75, 3.05) is 12.4 Å². The smallest absolute Gasteiger partial charge is 0.271 e. The number of carbonyl (C=O) groups is 1. The molecule has 0 saturated carbocycles. The van der Waals surface area contributed by atoms with Crippen molar-refractivity contribution in [1.82, 2.24) is 14.8 Å². The molecule has 190 valence electrons. The molecule has 0 spiro atoms. The highest BCUT2D eigenvalue weighted by Gasteiger charge is 2.24. The first kappa shape index (κ1) is 26.7. The fourth-order valence-corrected chi connectivity index (χ4v) is 4.82. The summed E-state index contributed by atoms with van der Waals surface area (Å²) in [4.78, 5) is 23.4. The monoisotopic (exact) mass is 577 g/mol. The van der Waals surface area contributed by atoms with Gasteiger partial charge in [-0.05, 0) is 43.3 Å². The van der Waals surface area contributed by atoms with E-state index in [0.29, 0.717) is 38.0 Å². The molecule has 1 amide bonds. The van der Waals surface area contributed by atoms with Gasteiger partial charge in [0, 0.05) is 27.7 Å². The van der Waals surface area contributed by atoms with Crippen molar-refractivity contribution < 1.29 is 14.5 Å². The zero-order valence-electron chi connectivity index (χ0n) is 19.3. The number of ether oxygens (including phenoxy) is 1. The van der Waals surface area contributed by atoms with Gasteiger partial charge in [-0.2, -0.15) is 0 Å². The summed E-state index contributed by atoms with van der Waals surface area (Å²) in [6.45, 7) is 1.69. The Bertz CT molecular complexity index is 1500. The first-order valence-electron chi connectivity index (χ1n) is 10.6. The Balaban J connectivity index is 1.69. The fourth-order valence-electron chi connectivity index (χ4n) is 3.38. The Morgan fingerprint density at radius 2 is 1.84 bits per heavy atom. The summed E-state index contributed by atoms with van der Waals surface area (Å²) >= 11 is 19.8. The molecular formula is C24H18Cl3N5O4S. The van der Waals surface area contributed by atoms with Crippen LogP contribution in [0.15, 0.2) is 65.8 Å². The molecule has 0 aliphatic heterocycles. The van der Waals surface area contributed by atoms with E-state index in [0.717, 1.165) is 11.8 Å². The summed E-state index contributed by atoms with van der Waals surface area (Å²) in [5.74, 6) is 0.596. The molecule has 3 aromatic carbocycles. The van der Waals surface area contributed by atoms with Crippen LogP contribution in [0.3, 0.4) is 0 Å². The molecule has 1 heterocycles. The van der Waals surface area contributed by atoms with Crippen molar-refractivity contribution in [2.45, 2.75) is 17.3 Å². The van der Waals surface area contributed by atoms with Gasteiger partial charge in [-0.1, -0.05) is 58.7 Å². The number of halogens is 3. The number of thioether (sulfide) groups is 1. The molecule has 0 radical (unpaired) electrons. The van der Waals surface area contributed by atoms with E-state index in [9.17, 15) is 14.9 Å². The van der Waals surface area contributed by atoms with E-state index in [-0.39, 0.29) is 16.4 Å². The number of rotatable bonds is 8. The number of nitro benzene ring substituents is 1. The number of methoxy groups -OCH3 is 1. The molecule has 4 rings (SSSR count). The van der Waals surface area contributed by atoms with E-state index in [1.165, 1.54) is 25.3 Å². The number of aromatic nitrogens is 3. The van der Waals surface area contributed by atoms with Crippen LogP contribution in [0.1, 0.15) is 6.92 Å². The van der Waals surface area contributed by atoms with Gasteiger partial charge in [0.15, 0.2) is 11.0 Å². The van der Waals surface area contributed by atoms with E-state index in [1.54, 1.807) is 47.9 Å². The maximum Gasteiger partial charge on any atom is 0.271 e. The Hall–Kier alpha value is -3.31. The molecule has 0 fully saturated rings. The van der Waals surface area contributed by atoms with Gasteiger partial charge in [-0.3, -0.25) is 19.5 Å². The first-order chi connectivity index (χ1) is 17.7. The number of nitrogens with one attached hydrogen (secondary N) is 1. The number of nitrogens with zero attached hydrogens (tertiary/aromatic N) is 4. The van der Waals surface area contributed by atoms with Crippen LogP contribution < -0.4 is 10.1 Å². The van der Waals surface area contributed by atoms with Crippen LogP contribution in [-0.2, 0) is 4.79 Å². The summed E-state index contributed by atoms with van der Waals surface area (Å²) < 4.78 is 7.29. The van der Waals surface area contributed by atoms with Gasteiger partial charge < -0.3 is 10.1 Å². The predicted molar refractivity (Wildman–Crippen MR) is 145 cm³/mol. The second kappa shape index (κ2) is 11.4. The lowest BCUT2D eigenvalue weighted by Crippen LogP contribution is -2.23. The molecule has 1 aromatic heterocycles. The highest BCUT2D eigenvalue weighted by atomic mass is 35.5. The molecule has 0 aliphatic carbocycles. The molecule has 37 heavy (non-hydrogen) atoms. The van der Waals surface area contributed by atoms with Crippen molar-refractivity contribution >= 4 is 63.8 Å². The first-order valence-corrected chi connectivity index (χ1v) is 12.7. The zero-order chi connectivity index (χ0) is 26.7. The zero-order valence-corrected chi connectivity index (χ0v) is 22.4. The fraction of sp³-hybridized carbons (Fsp3) is 0.125. The van der Waals surface area contributed by atoms with Gasteiger partial charge in [0.2, 0.25) is 5.91 Å². The average Bonchev–Trinajstić information content (AvgIpc) is 3.28. The van der Waals surface area contributed by atoms with Crippen LogP contribution in [0, 0.1) is 10.1 Å². The van der Waals surface area contributed by atoms with Crippen molar-refractivity contribution in [2.24, 2.45) is 0 Å². The summed E-state index contributed by atoms with van der Waals surface area (Å²) in [6.07, 6.45) is 0. The third-order valence-corrected chi connectivity index (χ3v) is 7.00. The van der Waals surface area contributed by atoms with Gasteiger partial charge in [0.25, 0.3) is 5.69 Å². The molecule has 4 aromatic rings. The largest absolute Gasteiger partial charge is 0.495 e. The highest BCUT2D eigenvalue weighted by molar-refractivity contribution is 8.00. The van der Waals surface area contributed by atoms with E-state index in [1.807, 2.05) is 6.07 Å². The molecule has 1 unspecified atom stereocenters. The van der Waals surface area contributed by atoms with Crippen molar-refractivity contribution in [3.8, 4) is 22.8 Å². The average molecular weight is 579 g/mol. The number of non-ortho nitro benzene ring substituents is 1. The van der Waals surface area contributed by atoms with Crippen LogP contribution in [0.4, 0.5) is 11.4 Å². The normalized spacial score (nSPS) is 11.7. The molecule has 0 saturated heterocycles. The van der Waals surface area contributed by atoms with E-state index in [2.05, 4.69) is 15.5 Å². The van der Waals surface area contributed by atoms with E-state index < -0.39 is 16.1 Å². The lowest BCUT2D eigenvalue weighted by atomic mass is 10.2. The number of nitro groups is 1. The lowest BCUT2D eigenvalue weighted by molar-refractivity contribution is -0.384. The maximum atomic E-state index is 13.0. The van der Waals surface area contributed by atoms with Crippen molar-refractivity contribution in [3.05, 3.63) is 85.8 Å². The SMILES string of the molecule is COc1ccc(Cl)cc1-n1c(SC(C)C(=O)Nc2ccc([N+](=O)[O-])cc2Cl)nnc1-c1cccc(Cl)c1. The molecular weight excluding hydrogens is 561 g/mol. The summed E-state index contributed by atoms with van der Waals surface area (Å²) in [7, 11) is 1.53. The van der Waals surface area contributed by atoms with E-state index in [4.69, 9.17) is 39.5 Å². The molecule has 0 bridgehead atoms. The molecule has 1 atom stereocenters. The van der Waals surface area contributed by atoms with Crippen LogP contribution in [0.25, 0.3) is 17.1 Å². The number of carbonyl (C=O) groups excluding carboxylic acids is 1. The van der Waals surface area contributed by atoms with E-state index >= 15 is 0 Å². The highest BCUT2D eigenvalue weighted by Crippen LogP contribution is 2.36. The minimum atomic E-state index is -0.661. The minimum Gasteiger partial charge on any atom is -0.495 e. The molecule has 1 N–H and O–H groups in total. The lowest BCUT2D eigenvalue weighted by Gasteiger charge is -2.16. The Morgan fingerprint density at radius 1 is 1.08 bits per heavy atom. The number of anilines is 1. The summed E-state index contributed by atoms with van der Waals surface area (Å²) in [5.41, 5.74) is 1.34. The Morgan fingerprint density at radius 3 is 2.51 bits per heavy atom. The van der Waals surface area contributed by atoms with Gasteiger partial charge >= 0.3 is 0 Å². The van der Waals surface area contributed by atoms with Crippen LogP contribution >= 0.6 is 46.6 Å². The Kier molecular flexibility index (Phi) is 8.23. The third kappa shape index (κ3) is 5.99. The van der Waals surface area contributed by atoms with Gasteiger partial charge in [0.05, 0.1) is 33.7 Å². The second-order valence-electron chi connectivity index (χ2n) is 7.64. The van der Waals surface area contributed by atoms with Crippen molar-refractivity contribution in [1.29, 1.82) is 0 Å². The predicted octanol–water partition coefficient (Wildman–Crippen LogP) is 6.93. The van der Waals surface area contributed by atoms with Gasteiger partial charge in [-0.15, -0.1) is 10.2 Å². The number of hydrogen-bond acceptors (Lipinski definition) is 7. The minimum absolute atomic E-state index is 0.0508. The second-order valence-corrected chi connectivity index (χ2v) is 10.2. The molecule has 13 heteroatoms. The quantitative estimate of drug-likeness (QED) is 0.137. The topological polar surface area (TPSA) is 112 Å². The summed E-state index contributed by atoms with van der Waals surface area (Å²) in [5, 5.41) is 23.1. The standard InChI is InChI=1S/C24H18Cl3N5O4S/c1-13(23(33)28-19-8-7-17(32(34)35)12-18(19)27)37-24-30-29-22(14-4-3-5-15(25)10-14)31(24)20-11-16(26)6-9-21(20)36-2/h3-13H,1-2H3,(H,28,33). The molecule has 0 aliphatic rings. The van der Waals surface area contributed by atoms with Crippen LogP contribution in [0.2, 0.25) is 15.1 Å². The number of benzene rings is 3. The van der Waals surface area contributed by atoms with Crippen molar-refractivity contribution in [3.63, 3.8) is 0 Å². The third-order valence-electron chi connectivity index (χ3n) is 5.17. The number of hydrogen-bond donors (Lipinski definition) is 1. The van der Waals surface area contributed by atoms with Gasteiger partial charge in [0.1, 0.15) is 5.75 Å². The van der Waals surface area contributed by atoms with Crippen LogP contribution in [-0.4, -0.2) is 38.0 Å². The van der Waals surface area contributed by atoms with Gasteiger partial charge in [-0.25, -0.2) is 0 Å². The molecule has 9 nitrogen and oxygen atoms in total. The Labute approximate surface area is 230 Å².